The normalized spacial score (nSPS) is 17.4. The van der Waals surface area contributed by atoms with Crippen molar-refractivity contribution in [2.75, 3.05) is 26.2 Å². The lowest BCUT2D eigenvalue weighted by atomic mass is 10.0. The zero-order valence-corrected chi connectivity index (χ0v) is 13.2. The van der Waals surface area contributed by atoms with Gasteiger partial charge in [-0.2, -0.15) is 11.3 Å². The highest BCUT2D eigenvalue weighted by Crippen LogP contribution is 2.28. The standard InChI is InChI=1S/C13H20N2S.2ClH/c1-11(2)9-13(12-3-8-16-10-12)15-6-4-14-5-7-15;;/h3,8,10,13-14H,1,4-7,9H2,2H3;2*1H/t13-;;/m0../s1. The first-order chi connectivity index (χ1) is 7.77. The van der Waals surface area contributed by atoms with E-state index in [4.69, 9.17) is 0 Å². The minimum Gasteiger partial charge on any atom is -0.314 e. The number of rotatable bonds is 4. The SMILES string of the molecule is C=C(C)C[C@@H](c1ccsc1)N1CCNCC1.Cl.Cl. The summed E-state index contributed by atoms with van der Waals surface area (Å²) >= 11 is 1.79. The summed E-state index contributed by atoms with van der Waals surface area (Å²) in [5, 5.41) is 7.85. The van der Waals surface area contributed by atoms with Crippen LogP contribution in [0.2, 0.25) is 0 Å². The van der Waals surface area contributed by atoms with Gasteiger partial charge in [0.15, 0.2) is 0 Å². The van der Waals surface area contributed by atoms with Crippen LogP contribution in [0.15, 0.2) is 29.0 Å². The number of piperazine rings is 1. The molecule has 0 saturated carbocycles. The van der Waals surface area contributed by atoms with Crippen molar-refractivity contribution >= 4 is 36.2 Å². The lowest BCUT2D eigenvalue weighted by Gasteiger charge is -2.35. The highest BCUT2D eigenvalue weighted by molar-refractivity contribution is 7.07. The molecular formula is C13H22Cl2N2S. The summed E-state index contributed by atoms with van der Waals surface area (Å²) < 4.78 is 0. The van der Waals surface area contributed by atoms with Gasteiger partial charge in [0, 0.05) is 32.2 Å². The van der Waals surface area contributed by atoms with Gasteiger partial charge in [0.25, 0.3) is 0 Å². The first kappa shape index (κ1) is 17.9. The molecule has 0 bridgehead atoms. The van der Waals surface area contributed by atoms with Crippen molar-refractivity contribution in [2.24, 2.45) is 0 Å². The predicted molar refractivity (Wildman–Crippen MR) is 85.4 cm³/mol. The zero-order valence-electron chi connectivity index (χ0n) is 10.7. The second-order valence-electron chi connectivity index (χ2n) is 4.52. The number of nitrogens with zero attached hydrogens (tertiary/aromatic N) is 1. The third-order valence-corrected chi connectivity index (χ3v) is 3.76. The molecule has 0 aromatic carbocycles. The van der Waals surface area contributed by atoms with E-state index in [0.29, 0.717) is 6.04 Å². The maximum absolute atomic E-state index is 4.06. The molecule has 2 rings (SSSR count). The summed E-state index contributed by atoms with van der Waals surface area (Å²) in [5.41, 5.74) is 2.73. The van der Waals surface area contributed by atoms with Crippen LogP contribution in [0.5, 0.6) is 0 Å². The summed E-state index contributed by atoms with van der Waals surface area (Å²) in [6.07, 6.45) is 1.08. The lowest BCUT2D eigenvalue weighted by molar-refractivity contribution is 0.173. The molecule has 0 amide bonds. The third-order valence-electron chi connectivity index (χ3n) is 3.06. The van der Waals surface area contributed by atoms with Gasteiger partial charge in [-0.1, -0.05) is 5.57 Å². The smallest absolute Gasteiger partial charge is 0.0394 e. The molecule has 1 aliphatic rings. The molecule has 0 unspecified atom stereocenters. The molecule has 1 aliphatic heterocycles. The molecule has 1 aromatic rings. The minimum absolute atomic E-state index is 0. The molecule has 2 heterocycles. The van der Waals surface area contributed by atoms with E-state index < -0.39 is 0 Å². The van der Waals surface area contributed by atoms with Crippen molar-refractivity contribution in [3.05, 3.63) is 34.5 Å². The van der Waals surface area contributed by atoms with E-state index in [0.717, 1.165) is 32.6 Å². The molecule has 5 heteroatoms. The van der Waals surface area contributed by atoms with Gasteiger partial charge in [0.1, 0.15) is 0 Å². The quantitative estimate of drug-likeness (QED) is 0.856. The average Bonchev–Trinajstić information content (AvgIpc) is 2.80. The molecule has 0 spiro atoms. The molecule has 1 saturated heterocycles. The van der Waals surface area contributed by atoms with Gasteiger partial charge in [-0.3, -0.25) is 4.90 Å². The van der Waals surface area contributed by atoms with Crippen molar-refractivity contribution in [2.45, 2.75) is 19.4 Å². The summed E-state index contributed by atoms with van der Waals surface area (Å²) in [6.45, 7) is 10.7. The molecule has 1 N–H and O–H groups in total. The first-order valence-electron chi connectivity index (χ1n) is 5.88. The second-order valence-corrected chi connectivity index (χ2v) is 5.30. The van der Waals surface area contributed by atoms with Crippen molar-refractivity contribution in [3.63, 3.8) is 0 Å². The van der Waals surface area contributed by atoms with Crippen molar-refractivity contribution in [1.29, 1.82) is 0 Å². The van der Waals surface area contributed by atoms with Gasteiger partial charge in [-0.25, -0.2) is 0 Å². The molecule has 0 radical (unpaired) electrons. The number of hydrogen-bond acceptors (Lipinski definition) is 3. The Balaban J connectivity index is 0.00000144. The number of nitrogens with one attached hydrogen (secondary N) is 1. The summed E-state index contributed by atoms with van der Waals surface area (Å²) in [5.74, 6) is 0. The number of halogens is 2. The first-order valence-corrected chi connectivity index (χ1v) is 6.83. The van der Waals surface area contributed by atoms with Crippen LogP contribution in [0, 0.1) is 0 Å². The van der Waals surface area contributed by atoms with E-state index >= 15 is 0 Å². The van der Waals surface area contributed by atoms with E-state index in [1.54, 1.807) is 11.3 Å². The van der Waals surface area contributed by atoms with Crippen LogP contribution < -0.4 is 5.32 Å². The average molecular weight is 309 g/mol. The molecule has 1 aromatic heterocycles. The van der Waals surface area contributed by atoms with Crippen molar-refractivity contribution < 1.29 is 0 Å². The molecule has 2 nitrogen and oxygen atoms in total. The van der Waals surface area contributed by atoms with Crippen LogP contribution in [-0.2, 0) is 0 Å². The number of thiophene rings is 1. The molecule has 1 fully saturated rings. The van der Waals surface area contributed by atoms with Crippen molar-refractivity contribution in [3.8, 4) is 0 Å². The fourth-order valence-electron chi connectivity index (χ4n) is 2.25. The largest absolute Gasteiger partial charge is 0.314 e. The topological polar surface area (TPSA) is 15.3 Å². The maximum atomic E-state index is 4.06. The van der Waals surface area contributed by atoms with E-state index in [1.165, 1.54) is 11.1 Å². The van der Waals surface area contributed by atoms with E-state index in [1.807, 2.05) is 0 Å². The van der Waals surface area contributed by atoms with Gasteiger partial charge >= 0.3 is 0 Å². The Morgan fingerprint density at radius 2 is 2.11 bits per heavy atom. The second kappa shape index (κ2) is 8.94. The maximum Gasteiger partial charge on any atom is 0.0394 e. The summed E-state index contributed by atoms with van der Waals surface area (Å²) in [4.78, 5) is 2.58. The van der Waals surface area contributed by atoms with Crippen LogP contribution in [0.4, 0.5) is 0 Å². The molecule has 1 atom stereocenters. The molecule has 0 aliphatic carbocycles. The fourth-order valence-corrected chi connectivity index (χ4v) is 2.95. The summed E-state index contributed by atoms with van der Waals surface area (Å²) in [7, 11) is 0. The highest BCUT2D eigenvalue weighted by Gasteiger charge is 2.22. The van der Waals surface area contributed by atoms with Gasteiger partial charge in [-0.05, 0) is 35.7 Å². The van der Waals surface area contributed by atoms with Crippen LogP contribution in [0.3, 0.4) is 0 Å². The fraction of sp³-hybridized carbons (Fsp3) is 0.538. The van der Waals surface area contributed by atoms with Crippen LogP contribution in [-0.4, -0.2) is 31.1 Å². The Bertz CT molecular complexity index is 335. The summed E-state index contributed by atoms with van der Waals surface area (Å²) in [6, 6.07) is 2.78. The van der Waals surface area contributed by atoms with E-state index in [9.17, 15) is 0 Å². The van der Waals surface area contributed by atoms with Gasteiger partial charge < -0.3 is 5.32 Å². The Kier molecular flexibility index (Phi) is 8.91. The Morgan fingerprint density at radius 1 is 1.44 bits per heavy atom. The molecule has 104 valence electrons. The van der Waals surface area contributed by atoms with Crippen LogP contribution in [0.1, 0.15) is 24.9 Å². The minimum atomic E-state index is 0. The monoisotopic (exact) mass is 308 g/mol. The molecular weight excluding hydrogens is 287 g/mol. The van der Waals surface area contributed by atoms with E-state index in [2.05, 4.69) is 40.5 Å². The Hall–Kier alpha value is -0.0600. The van der Waals surface area contributed by atoms with Gasteiger partial charge in [-0.15, -0.1) is 31.4 Å². The van der Waals surface area contributed by atoms with Crippen LogP contribution in [0.25, 0.3) is 0 Å². The Morgan fingerprint density at radius 3 is 2.61 bits per heavy atom. The van der Waals surface area contributed by atoms with E-state index in [-0.39, 0.29) is 24.8 Å². The third kappa shape index (κ3) is 4.90. The van der Waals surface area contributed by atoms with Gasteiger partial charge in [0.2, 0.25) is 0 Å². The van der Waals surface area contributed by atoms with Crippen molar-refractivity contribution in [1.82, 2.24) is 10.2 Å². The van der Waals surface area contributed by atoms with Gasteiger partial charge in [0.05, 0.1) is 0 Å². The highest BCUT2D eigenvalue weighted by atomic mass is 35.5. The molecule has 18 heavy (non-hydrogen) atoms. The zero-order chi connectivity index (χ0) is 11.4. The van der Waals surface area contributed by atoms with Crippen LogP contribution >= 0.6 is 36.2 Å². The predicted octanol–water partition coefficient (Wildman–Crippen LogP) is 3.50. The Labute approximate surface area is 126 Å². The lowest BCUT2D eigenvalue weighted by Crippen LogP contribution is -2.45. The number of hydrogen-bond donors (Lipinski definition) is 1.